The van der Waals surface area contributed by atoms with Crippen LogP contribution in [-0.4, -0.2) is 16.5 Å². The van der Waals surface area contributed by atoms with Crippen LogP contribution >= 0.6 is 0 Å². The summed E-state index contributed by atoms with van der Waals surface area (Å²) in [5, 5.41) is 14.8. The van der Waals surface area contributed by atoms with Crippen molar-refractivity contribution < 1.29 is 9.72 Å². The van der Waals surface area contributed by atoms with Crippen molar-refractivity contribution in [1.29, 1.82) is 0 Å². The molecular formula is C17H23N3O3. The van der Waals surface area contributed by atoms with Gasteiger partial charge in [0.1, 0.15) is 0 Å². The van der Waals surface area contributed by atoms with Crippen molar-refractivity contribution in [2.24, 2.45) is 11.0 Å². The van der Waals surface area contributed by atoms with Gasteiger partial charge in [0.05, 0.1) is 10.6 Å². The summed E-state index contributed by atoms with van der Waals surface area (Å²) in [5.41, 5.74) is 3.75. The number of carbonyl (C=O) groups excluding carboxylic acids is 1. The average molecular weight is 317 g/mol. The van der Waals surface area contributed by atoms with E-state index in [0.29, 0.717) is 23.6 Å². The maximum Gasteiger partial charge on any atom is 0.270 e. The maximum atomic E-state index is 11.9. The van der Waals surface area contributed by atoms with Gasteiger partial charge in [-0.1, -0.05) is 44.2 Å². The minimum absolute atomic E-state index is 0.0145. The molecule has 6 heteroatoms. The summed E-state index contributed by atoms with van der Waals surface area (Å²) in [6, 6.07) is 6.23. The number of hydrogen-bond donors (Lipinski definition) is 1. The SMILES string of the molecule is C/C(=N\NC(=O)CCC1CCCCC1)c1cccc([N+](=O)[O-])c1. The first kappa shape index (κ1) is 17.1. The molecule has 1 aliphatic carbocycles. The third-order valence-corrected chi connectivity index (χ3v) is 4.33. The van der Waals surface area contributed by atoms with Crippen molar-refractivity contribution in [2.45, 2.75) is 51.9 Å². The summed E-state index contributed by atoms with van der Waals surface area (Å²) >= 11 is 0. The van der Waals surface area contributed by atoms with Crippen LogP contribution in [0.25, 0.3) is 0 Å². The van der Waals surface area contributed by atoms with Crippen LogP contribution in [0.3, 0.4) is 0 Å². The van der Waals surface area contributed by atoms with E-state index >= 15 is 0 Å². The lowest BCUT2D eigenvalue weighted by Gasteiger charge is -2.20. The molecule has 0 aliphatic heterocycles. The van der Waals surface area contributed by atoms with E-state index in [2.05, 4.69) is 10.5 Å². The Morgan fingerprint density at radius 1 is 1.35 bits per heavy atom. The zero-order valence-electron chi connectivity index (χ0n) is 13.5. The van der Waals surface area contributed by atoms with Crippen molar-refractivity contribution in [1.82, 2.24) is 5.43 Å². The van der Waals surface area contributed by atoms with Gasteiger partial charge in [0.2, 0.25) is 5.91 Å². The lowest BCUT2D eigenvalue weighted by Crippen LogP contribution is -2.20. The van der Waals surface area contributed by atoms with Gasteiger partial charge in [-0.15, -0.1) is 0 Å². The van der Waals surface area contributed by atoms with E-state index in [0.717, 1.165) is 6.42 Å². The number of hydrazone groups is 1. The van der Waals surface area contributed by atoms with Crippen molar-refractivity contribution in [2.75, 3.05) is 0 Å². The summed E-state index contributed by atoms with van der Waals surface area (Å²) in [5.74, 6) is 0.566. The Morgan fingerprint density at radius 2 is 2.09 bits per heavy atom. The van der Waals surface area contributed by atoms with Gasteiger partial charge >= 0.3 is 0 Å². The molecule has 6 nitrogen and oxygen atoms in total. The fraction of sp³-hybridized carbons (Fsp3) is 0.529. The number of nitro benzene ring substituents is 1. The van der Waals surface area contributed by atoms with E-state index in [9.17, 15) is 14.9 Å². The van der Waals surface area contributed by atoms with Gasteiger partial charge in [-0.05, 0) is 19.3 Å². The third-order valence-electron chi connectivity index (χ3n) is 4.33. The predicted molar refractivity (Wildman–Crippen MR) is 89.3 cm³/mol. The number of hydrogen-bond acceptors (Lipinski definition) is 4. The van der Waals surface area contributed by atoms with Crippen molar-refractivity contribution in [3.8, 4) is 0 Å². The molecule has 0 atom stereocenters. The highest BCUT2D eigenvalue weighted by atomic mass is 16.6. The Hall–Kier alpha value is -2.24. The fourth-order valence-corrected chi connectivity index (χ4v) is 2.92. The molecule has 1 fully saturated rings. The molecule has 0 heterocycles. The van der Waals surface area contributed by atoms with Crippen LogP contribution in [0, 0.1) is 16.0 Å². The lowest BCUT2D eigenvalue weighted by atomic mass is 9.86. The minimum atomic E-state index is -0.445. The number of carbonyl (C=O) groups is 1. The molecule has 0 unspecified atom stereocenters. The molecule has 0 spiro atoms. The van der Waals surface area contributed by atoms with E-state index in [4.69, 9.17) is 0 Å². The molecule has 1 aromatic carbocycles. The van der Waals surface area contributed by atoms with Crippen molar-refractivity contribution in [3.05, 3.63) is 39.9 Å². The molecule has 1 saturated carbocycles. The third kappa shape index (κ3) is 5.47. The molecule has 0 radical (unpaired) electrons. The first-order valence-corrected chi connectivity index (χ1v) is 8.14. The second-order valence-electron chi connectivity index (χ2n) is 6.08. The summed E-state index contributed by atoms with van der Waals surface area (Å²) in [4.78, 5) is 22.2. The number of benzene rings is 1. The van der Waals surface area contributed by atoms with Crippen LogP contribution in [0.4, 0.5) is 5.69 Å². The average Bonchev–Trinajstić information content (AvgIpc) is 2.58. The highest BCUT2D eigenvalue weighted by Gasteiger charge is 2.14. The first-order valence-electron chi connectivity index (χ1n) is 8.14. The summed E-state index contributed by atoms with van der Waals surface area (Å²) < 4.78 is 0. The van der Waals surface area contributed by atoms with Crippen molar-refractivity contribution in [3.63, 3.8) is 0 Å². The highest BCUT2D eigenvalue weighted by molar-refractivity contribution is 5.99. The second-order valence-corrected chi connectivity index (χ2v) is 6.08. The molecule has 23 heavy (non-hydrogen) atoms. The van der Waals surface area contributed by atoms with Crippen LogP contribution in [0.5, 0.6) is 0 Å². The van der Waals surface area contributed by atoms with Crippen LogP contribution in [0.1, 0.15) is 57.4 Å². The molecule has 0 saturated heterocycles. The molecule has 0 bridgehead atoms. The van der Waals surface area contributed by atoms with Gasteiger partial charge in [0.15, 0.2) is 0 Å². The standard InChI is InChI=1S/C17H23N3O3/c1-13(15-8-5-9-16(12-15)20(22)23)18-19-17(21)11-10-14-6-3-2-4-7-14/h5,8-9,12,14H,2-4,6-7,10-11H2,1H3,(H,19,21)/b18-13+. The Morgan fingerprint density at radius 3 is 2.78 bits per heavy atom. The Labute approximate surface area is 136 Å². The molecule has 2 rings (SSSR count). The molecule has 1 aromatic rings. The quantitative estimate of drug-likeness (QED) is 0.492. The Balaban J connectivity index is 1.84. The van der Waals surface area contributed by atoms with Gasteiger partial charge in [0.25, 0.3) is 5.69 Å². The van der Waals surface area contributed by atoms with Gasteiger partial charge in [-0.2, -0.15) is 5.10 Å². The zero-order chi connectivity index (χ0) is 16.7. The maximum absolute atomic E-state index is 11.9. The van der Waals surface area contributed by atoms with Gasteiger partial charge in [0, 0.05) is 24.1 Å². The van der Waals surface area contributed by atoms with E-state index < -0.39 is 4.92 Å². The summed E-state index contributed by atoms with van der Waals surface area (Å²) in [6.07, 6.45) is 7.71. The molecule has 0 aromatic heterocycles. The van der Waals surface area contributed by atoms with Crippen LogP contribution < -0.4 is 5.43 Å². The van der Waals surface area contributed by atoms with Gasteiger partial charge < -0.3 is 0 Å². The lowest BCUT2D eigenvalue weighted by molar-refractivity contribution is -0.384. The van der Waals surface area contributed by atoms with Gasteiger partial charge in [-0.3, -0.25) is 14.9 Å². The Bertz CT molecular complexity index is 593. The summed E-state index contributed by atoms with van der Waals surface area (Å²) in [6.45, 7) is 1.72. The van der Waals surface area contributed by atoms with Crippen LogP contribution in [-0.2, 0) is 4.79 Å². The highest BCUT2D eigenvalue weighted by Crippen LogP contribution is 2.27. The van der Waals surface area contributed by atoms with Gasteiger partial charge in [-0.25, -0.2) is 5.43 Å². The Kier molecular flexibility index (Phi) is 6.26. The zero-order valence-corrected chi connectivity index (χ0v) is 13.5. The number of nitro groups is 1. The smallest absolute Gasteiger partial charge is 0.270 e. The number of rotatable bonds is 6. The minimum Gasteiger partial charge on any atom is -0.273 e. The van der Waals surface area contributed by atoms with Crippen LogP contribution in [0.2, 0.25) is 0 Å². The number of nitrogens with one attached hydrogen (secondary N) is 1. The molecular weight excluding hydrogens is 294 g/mol. The normalized spacial score (nSPS) is 16.1. The molecule has 124 valence electrons. The molecule has 1 aliphatic rings. The topological polar surface area (TPSA) is 84.6 Å². The molecule has 1 amide bonds. The number of nitrogens with zero attached hydrogens (tertiary/aromatic N) is 2. The van der Waals surface area contributed by atoms with E-state index in [1.165, 1.54) is 44.2 Å². The van der Waals surface area contributed by atoms with E-state index in [-0.39, 0.29) is 11.6 Å². The molecule has 1 N–H and O–H groups in total. The fourth-order valence-electron chi connectivity index (χ4n) is 2.92. The monoisotopic (exact) mass is 317 g/mol. The summed E-state index contributed by atoms with van der Waals surface area (Å²) in [7, 11) is 0. The first-order chi connectivity index (χ1) is 11.1. The van der Waals surface area contributed by atoms with Crippen molar-refractivity contribution >= 4 is 17.3 Å². The van der Waals surface area contributed by atoms with E-state index in [1.54, 1.807) is 19.1 Å². The largest absolute Gasteiger partial charge is 0.273 e. The second kappa shape index (κ2) is 8.41. The number of amides is 1. The predicted octanol–water partition coefficient (Wildman–Crippen LogP) is 3.80. The van der Waals surface area contributed by atoms with Crippen LogP contribution in [0.15, 0.2) is 29.4 Å². The number of non-ortho nitro benzene ring substituents is 1. The van der Waals surface area contributed by atoms with E-state index in [1.807, 2.05) is 0 Å².